The number of hydrogen-bond donors (Lipinski definition) is 3. The normalized spacial score (nSPS) is 11.8. The monoisotopic (exact) mass is 364 g/mol. The largest absolute Gasteiger partial charge is 0.507 e. The molecule has 0 saturated heterocycles. The molecule has 6 heteroatoms. The molecular weight excluding hydrogens is 340 g/mol. The minimum absolute atomic E-state index is 0.0632. The molecular formula is C21H24N4O2. The van der Waals surface area contributed by atoms with Gasteiger partial charge >= 0.3 is 0 Å². The van der Waals surface area contributed by atoms with E-state index in [1.807, 2.05) is 43.3 Å². The Morgan fingerprint density at radius 1 is 1.15 bits per heavy atom. The molecule has 0 aliphatic heterocycles. The Balaban J connectivity index is 1.92. The fourth-order valence-corrected chi connectivity index (χ4v) is 2.66. The van der Waals surface area contributed by atoms with Crippen LogP contribution in [0.2, 0.25) is 0 Å². The van der Waals surface area contributed by atoms with E-state index in [1.165, 1.54) is 0 Å². The molecule has 0 spiro atoms. The van der Waals surface area contributed by atoms with Gasteiger partial charge in [0.2, 0.25) is 0 Å². The molecule has 1 heterocycles. The minimum Gasteiger partial charge on any atom is -0.507 e. The van der Waals surface area contributed by atoms with Crippen molar-refractivity contribution in [2.45, 2.75) is 19.4 Å². The number of methoxy groups -OCH3 is 1. The van der Waals surface area contributed by atoms with Gasteiger partial charge in [-0.2, -0.15) is 0 Å². The number of ether oxygens (including phenoxy) is 1. The van der Waals surface area contributed by atoms with Gasteiger partial charge in [0.15, 0.2) is 5.82 Å². The summed E-state index contributed by atoms with van der Waals surface area (Å²) in [5, 5.41) is 13.6. The van der Waals surface area contributed by atoms with E-state index >= 15 is 0 Å². The van der Waals surface area contributed by atoms with E-state index in [9.17, 15) is 5.11 Å². The van der Waals surface area contributed by atoms with Gasteiger partial charge in [0.05, 0.1) is 12.7 Å². The summed E-state index contributed by atoms with van der Waals surface area (Å²) in [5.41, 5.74) is 8.44. The van der Waals surface area contributed by atoms with Crippen molar-refractivity contribution >= 4 is 5.82 Å². The lowest BCUT2D eigenvalue weighted by atomic mass is 10.0. The van der Waals surface area contributed by atoms with Crippen LogP contribution in [0, 0.1) is 0 Å². The van der Waals surface area contributed by atoms with E-state index in [1.54, 1.807) is 25.4 Å². The number of hydrogen-bond acceptors (Lipinski definition) is 6. The lowest BCUT2D eigenvalue weighted by molar-refractivity contribution is 0.415. The Kier molecular flexibility index (Phi) is 5.88. The van der Waals surface area contributed by atoms with Crippen molar-refractivity contribution in [3.63, 3.8) is 0 Å². The molecule has 0 radical (unpaired) electrons. The Hall–Kier alpha value is -3.12. The second kappa shape index (κ2) is 8.51. The maximum Gasteiger partial charge on any atom is 0.165 e. The van der Waals surface area contributed by atoms with Gasteiger partial charge < -0.3 is 20.9 Å². The summed E-state index contributed by atoms with van der Waals surface area (Å²) in [6.45, 7) is 2.67. The first-order chi connectivity index (χ1) is 13.1. The van der Waals surface area contributed by atoms with Gasteiger partial charge in [-0.1, -0.05) is 25.1 Å². The van der Waals surface area contributed by atoms with Crippen LogP contribution >= 0.6 is 0 Å². The molecule has 0 aliphatic carbocycles. The van der Waals surface area contributed by atoms with Crippen molar-refractivity contribution < 1.29 is 9.84 Å². The summed E-state index contributed by atoms with van der Waals surface area (Å²) in [6.07, 6.45) is 2.55. The lowest BCUT2D eigenvalue weighted by Crippen LogP contribution is -2.28. The Morgan fingerprint density at radius 3 is 2.74 bits per heavy atom. The van der Waals surface area contributed by atoms with Crippen molar-refractivity contribution in [2.75, 3.05) is 19.0 Å². The van der Waals surface area contributed by atoms with Gasteiger partial charge in [-0.05, 0) is 47.9 Å². The SMILES string of the molecule is CC[C@H](N)CNc1ccnc(-c2cc(-c3cccc(OC)c3)ccc2O)n1. The van der Waals surface area contributed by atoms with Gasteiger partial charge in [0, 0.05) is 18.8 Å². The average Bonchev–Trinajstić information content (AvgIpc) is 2.72. The van der Waals surface area contributed by atoms with Crippen LogP contribution in [0.15, 0.2) is 54.7 Å². The lowest BCUT2D eigenvalue weighted by Gasteiger charge is -2.12. The summed E-state index contributed by atoms with van der Waals surface area (Å²) >= 11 is 0. The van der Waals surface area contributed by atoms with Crippen LogP contribution in [0.25, 0.3) is 22.5 Å². The van der Waals surface area contributed by atoms with Gasteiger partial charge in [-0.3, -0.25) is 0 Å². The number of rotatable bonds is 7. The van der Waals surface area contributed by atoms with Gasteiger partial charge in [0.25, 0.3) is 0 Å². The maximum atomic E-state index is 10.3. The van der Waals surface area contributed by atoms with Crippen LogP contribution in [0.3, 0.4) is 0 Å². The molecule has 27 heavy (non-hydrogen) atoms. The first-order valence-corrected chi connectivity index (χ1v) is 8.91. The standard InChI is InChI=1S/C21H24N4O2/c1-3-16(22)13-24-20-9-10-23-21(25-20)18-12-15(7-8-19(18)26)14-5-4-6-17(11-14)27-2/h4-12,16,26H,3,13,22H2,1-2H3,(H,23,24,25)/t16-/m0/s1. The predicted molar refractivity (Wildman–Crippen MR) is 108 cm³/mol. The average molecular weight is 364 g/mol. The number of anilines is 1. The summed E-state index contributed by atoms with van der Waals surface area (Å²) in [7, 11) is 1.64. The molecule has 6 nitrogen and oxygen atoms in total. The quantitative estimate of drug-likeness (QED) is 0.592. The van der Waals surface area contributed by atoms with Crippen molar-refractivity contribution in [3.05, 3.63) is 54.7 Å². The smallest absolute Gasteiger partial charge is 0.165 e. The molecule has 1 aromatic heterocycles. The third kappa shape index (κ3) is 4.54. The summed E-state index contributed by atoms with van der Waals surface area (Å²) < 4.78 is 5.29. The van der Waals surface area contributed by atoms with E-state index in [-0.39, 0.29) is 11.8 Å². The topological polar surface area (TPSA) is 93.3 Å². The molecule has 0 aliphatic rings. The highest BCUT2D eigenvalue weighted by molar-refractivity contribution is 5.75. The predicted octanol–water partition coefficient (Wildman–Crippen LogP) is 3.67. The zero-order valence-electron chi connectivity index (χ0n) is 15.5. The maximum absolute atomic E-state index is 10.3. The summed E-state index contributed by atoms with van der Waals surface area (Å²) in [4.78, 5) is 8.84. The van der Waals surface area contributed by atoms with Crippen molar-refractivity contribution in [2.24, 2.45) is 5.73 Å². The van der Waals surface area contributed by atoms with E-state index in [0.717, 1.165) is 23.3 Å². The number of aromatic hydroxyl groups is 1. The number of nitrogens with two attached hydrogens (primary N) is 1. The molecule has 4 N–H and O–H groups in total. The molecule has 0 unspecified atom stereocenters. The van der Waals surface area contributed by atoms with Crippen LogP contribution in [0.5, 0.6) is 11.5 Å². The molecule has 0 saturated carbocycles. The number of benzene rings is 2. The molecule has 140 valence electrons. The van der Waals surface area contributed by atoms with E-state index in [0.29, 0.717) is 23.8 Å². The molecule has 0 bridgehead atoms. The minimum atomic E-state index is 0.0632. The third-order valence-electron chi connectivity index (χ3n) is 4.37. The van der Waals surface area contributed by atoms with Crippen LogP contribution < -0.4 is 15.8 Å². The van der Waals surface area contributed by atoms with E-state index in [2.05, 4.69) is 15.3 Å². The Morgan fingerprint density at radius 2 is 1.96 bits per heavy atom. The number of aromatic nitrogens is 2. The highest BCUT2D eigenvalue weighted by Gasteiger charge is 2.11. The second-order valence-corrected chi connectivity index (χ2v) is 6.28. The van der Waals surface area contributed by atoms with Crippen molar-refractivity contribution in [3.8, 4) is 34.0 Å². The fraction of sp³-hybridized carbons (Fsp3) is 0.238. The summed E-state index contributed by atoms with van der Waals surface area (Å²) in [5.74, 6) is 2.03. The van der Waals surface area contributed by atoms with Crippen LogP contribution in [0.1, 0.15) is 13.3 Å². The second-order valence-electron chi connectivity index (χ2n) is 6.28. The van der Waals surface area contributed by atoms with Crippen LogP contribution in [-0.2, 0) is 0 Å². The zero-order valence-corrected chi connectivity index (χ0v) is 15.5. The summed E-state index contributed by atoms with van der Waals surface area (Å²) in [6, 6.07) is 15.0. The fourth-order valence-electron chi connectivity index (χ4n) is 2.66. The molecule has 0 amide bonds. The van der Waals surface area contributed by atoms with Gasteiger partial charge in [-0.15, -0.1) is 0 Å². The number of nitrogens with one attached hydrogen (secondary N) is 1. The van der Waals surface area contributed by atoms with Gasteiger partial charge in [-0.25, -0.2) is 9.97 Å². The van der Waals surface area contributed by atoms with Crippen molar-refractivity contribution in [1.29, 1.82) is 0 Å². The first-order valence-electron chi connectivity index (χ1n) is 8.91. The molecule has 0 fully saturated rings. The molecule has 3 aromatic rings. The number of phenolic OH excluding ortho intramolecular Hbond substituents is 1. The van der Waals surface area contributed by atoms with Crippen LogP contribution in [-0.4, -0.2) is 34.8 Å². The first kappa shape index (κ1) is 18.7. The van der Waals surface area contributed by atoms with E-state index in [4.69, 9.17) is 10.5 Å². The molecule has 1 atom stereocenters. The Labute approximate surface area is 159 Å². The molecule has 2 aromatic carbocycles. The van der Waals surface area contributed by atoms with Crippen LogP contribution in [0.4, 0.5) is 5.82 Å². The highest BCUT2D eigenvalue weighted by atomic mass is 16.5. The number of nitrogens with zero attached hydrogens (tertiary/aromatic N) is 2. The zero-order chi connectivity index (χ0) is 19.2. The number of phenols is 1. The highest BCUT2D eigenvalue weighted by Crippen LogP contribution is 2.33. The van der Waals surface area contributed by atoms with Crippen molar-refractivity contribution in [1.82, 2.24) is 9.97 Å². The van der Waals surface area contributed by atoms with Gasteiger partial charge in [0.1, 0.15) is 17.3 Å². The Bertz CT molecular complexity index is 914. The van der Waals surface area contributed by atoms with E-state index < -0.39 is 0 Å². The third-order valence-corrected chi connectivity index (χ3v) is 4.37. The molecule has 3 rings (SSSR count).